The second kappa shape index (κ2) is 3.48. The van der Waals surface area contributed by atoms with Gasteiger partial charge in [0.25, 0.3) is 0 Å². The molecular formula is C15H27N. The van der Waals surface area contributed by atoms with Crippen LogP contribution in [-0.4, -0.2) is 5.54 Å². The maximum absolute atomic E-state index is 6.68. The maximum atomic E-state index is 6.68. The Morgan fingerprint density at radius 2 is 1.38 bits per heavy atom. The number of rotatable bonds is 2. The van der Waals surface area contributed by atoms with Crippen molar-refractivity contribution >= 4 is 0 Å². The highest BCUT2D eigenvalue weighted by molar-refractivity contribution is 5.06. The quantitative estimate of drug-likeness (QED) is 0.759. The molecule has 0 aromatic carbocycles. The summed E-state index contributed by atoms with van der Waals surface area (Å²) in [6.07, 6.45) is 7.53. The van der Waals surface area contributed by atoms with Crippen LogP contribution in [-0.2, 0) is 0 Å². The van der Waals surface area contributed by atoms with Crippen LogP contribution in [0.1, 0.15) is 52.9 Å². The molecule has 4 fully saturated rings. The van der Waals surface area contributed by atoms with E-state index in [0.29, 0.717) is 5.92 Å². The minimum Gasteiger partial charge on any atom is -0.325 e. The SMILES string of the molecule is CC(C)C(C)(N)C1C2CC3CC(C2)CC1C3. The zero-order valence-electron chi connectivity index (χ0n) is 11.1. The van der Waals surface area contributed by atoms with Gasteiger partial charge >= 0.3 is 0 Å². The number of hydrogen-bond donors (Lipinski definition) is 1. The van der Waals surface area contributed by atoms with E-state index < -0.39 is 0 Å². The van der Waals surface area contributed by atoms with E-state index in [2.05, 4.69) is 20.8 Å². The van der Waals surface area contributed by atoms with E-state index in [1.807, 2.05) is 0 Å². The van der Waals surface area contributed by atoms with Gasteiger partial charge in [-0.15, -0.1) is 0 Å². The molecule has 4 rings (SSSR count). The largest absolute Gasteiger partial charge is 0.325 e. The highest BCUT2D eigenvalue weighted by atomic mass is 14.8. The zero-order chi connectivity index (χ0) is 11.5. The van der Waals surface area contributed by atoms with E-state index in [1.54, 1.807) is 6.42 Å². The van der Waals surface area contributed by atoms with Gasteiger partial charge in [-0.3, -0.25) is 0 Å². The van der Waals surface area contributed by atoms with Crippen LogP contribution < -0.4 is 5.73 Å². The minimum atomic E-state index is 0.0720. The number of nitrogens with two attached hydrogens (primary N) is 1. The molecule has 4 aliphatic carbocycles. The second-order valence-electron chi connectivity index (χ2n) is 7.48. The fourth-order valence-corrected chi connectivity index (χ4v) is 5.33. The summed E-state index contributed by atoms with van der Waals surface area (Å²) in [5.74, 6) is 5.51. The molecule has 1 nitrogen and oxygen atoms in total. The van der Waals surface area contributed by atoms with Crippen LogP contribution in [0.5, 0.6) is 0 Å². The molecule has 0 aromatic rings. The Kier molecular flexibility index (Phi) is 2.41. The molecule has 1 heteroatoms. The van der Waals surface area contributed by atoms with Crippen molar-refractivity contribution in [3.8, 4) is 0 Å². The lowest BCUT2D eigenvalue weighted by molar-refractivity contribution is -0.0754. The van der Waals surface area contributed by atoms with Crippen LogP contribution in [0.15, 0.2) is 0 Å². The molecular weight excluding hydrogens is 194 g/mol. The van der Waals surface area contributed by atoms with Gasteiger partial charge in [0.1, 0.15) is 0 Å². The Labute approximate surface area is 100 Å². The van der Waals surface area contributed by atoms with E-state index in [4.69, 9.17) is 5.73 Å². The fraction of sp³-hybridized carbons (Fsp3) is 1.00. The summed E-state index contributed by atoms with van der Waals surface area (Å²) in [4.78, 5) is 0. The van der Waals surface area contributed by atoms with Gasteiger partial charge in [-0.2, -0.15) is 0 Å². The molecule has 92 valence electrons. The van der Waals surface area contributed by atoms with E-state index in [-0.39, 0.29) is 5.54 Å². The molecule has 0 heterocycles. The lowest BCUT2D eigenvalue weighted by Crippen LogP contribution is -2.60. The summed E-state index contributed by atoms with van der Waals surface area (Å²) in [6, 6.07) is 0. The number of hydrogen-bond acceptors (Lipinski definition) is 1. The first-order chi connectivity index (χ1) is 7.48. The van der Waals surface area contributed by atoms with Crippen molar-refractivity contribution in [1.29, 1.82) is 0 Å². The predicted molar refractivity (Wildman–Crippen MR) is 68.0 cm³/mol. The van der Waals surface area contributed by atoms with Gasteiger partial charge in [-0.05, 0) is 74.5 Å². The highest BCUT2D eigenvalue weighted by Crippen LogP contribution is 2.59. The Bertz CT molecular complexity index is 251. The van der Waals surface area contributed by atoms with E-state index >= 15 is 0 Å². The third kappa shape index (κ3) is 1.47. The molecule has 4 aliphatic rings. The molecule has 0 saturated heterocycles. The van der Waals surface area contributed by atoms with Crippen molar-refractivity contribution in [1.82, 2.24) is 0 Å². The van der Waals surface area contributed by atoms with Gasteiger partial charge in [0.15, 0.2) is 0 Å². The van der Waals surface area contributed by atoms with Crippen molar-refractivity contribution in [3.05, 3.63) is 0 Å². The third-order valence-electron chi connectivity index (χ3n) is 6.19. The topological polar surface area (TPSA) is 26.0 Å². The lowest BCUT2D eigenvalue weighted by atomic mass is 9.47. The van der Waals surface area contributed by atoms with Crippen molar-refractivity contribution in [3.63, 3.8) is 0 Å². The van der Waals surface area contributed by atoms with E-state index in [0.717, 1.165) is 29.6 Å². The molecule has 0 spiro atoms. The predicted octanol–water partition coefficient (Wildman–Crippen LogP) is 3.43. The highest BCUT2D eigenvalue weighted by Gasteiger charge is 2.53. The fourth-order valence-electron chi connectivity index (χ4n) is 5.33. The van der Waals surface area contributed by atoms with Crippen LogP contribution in [0.25, 0.3) is 0 Å². The van der Waals surface area contributed by atoms with Crippen LogP contribution in [0, 0.1) is 35.5 Å². The van der Waals surface area contributed by atoms with E-state index in [1.165, 1.54) is 25.7 Å². The van der Waals surface area contributed by atoms with Gasteiger partial charge < -0.3 is 5.73 Å². The first-order valence-electron chi connectivity index (χ1n) is 7.27. The molecule has 1 unspecified atom stereocenters. The van der Waals surface area contributed by atoms with Gasteiger partial charge in [0.05, 0.1) is 0 Å². The van der Waals surface area contributed by atoms with Crippen LogP contribution >= 0.6 is 0 Å². The van der Waals surface area contributed by atoms with Gasteiger partial charge in [0.2, 0.25) is 0 Å². The summed E-state index contributed by atoms with van der Waals surface area (Å²) in [5.41, 5.74) is 6.76. The maximum Gasteiger partial charge on any atom is 0.0182 e. The van der Waals surface area contributed by atoms with Crippen molar-refractivity contribution in [2.45, 2.75) is 58.4 Å². The lowest BCUT2D eigenvalue weighted by Gasteiger charge is -2.59. The standard InChI is InChI=1S/C15H27N/c1-9(2)15(3,16)14-12-5-10-4-11(7-12)8-13(14)6-10/h9-14H,4-8,16H2,1-3H3. The van der Waals surface area contributed by atoms with Gasteiger partial charge in [-0.1, -0.05) is 13.8 Å². The molecule has 0 aliphatic heterocycles. The summed E-state index contributed by atoms with van der Waals surface area (Å²) in [6.45, 7) is 6.95. The average Bonchev–Trinajstić information content (AvgIpc) is 2.14. The summed E-state index contributed by atoms with van der Waals surface area (Å²) in [7, 11) is 0. The van der Waals surface area contributed by atoms with Crippen LogP contribution in [0.3, 0.4) is 0 Å². The monoisotopic (exact) mass is 221 g/mol. The Morgan fingerprint density at radius 3 is 1.75 bits per heavy atom. The molecule has 16 heavy (non-hydrogen) atoms. The minimum absolute atomic E-state index is 0.0720. The second-order valence-corrected chi connectivity index (χ2v) is 7.48. The van der Waals surface area contributed by atoms with Crippen LogP contribution in [0.4, 0.5) is 0 Å². The van der Waals surface area contributed by atoms with Gasteiger partial charge in [0, 0.05) is 5.54 Å². The summed E-state index contributed by atoms with van der Waals surface area (Å²) >= 11 is 0. The molecule has 2 N–H and O–H groups in total. The first-order valence-corrected chi connectivity index (χ1v) is 7.27. The Balaban J connectivity index is 1.86. The molecule has 4 bridgehead atoms. The smallest absolute Gasteiger partial charge is 0.0182 e. The third-order valence-corrected chi connectivity index (χ3v) is 6.19. The van der Waals surface area contributed by atoms with Gasteiger partial charge in [-0.25, -0.2) is 0 Å². The molecule has 0 radical (unpaired) electrons. The first kappa shape index (κ1) is 11.1. The van der Waals surface area contributed by atoms with Crippen molar-refractivity contribution in [2.24, 2.45) is 41.2 Å². The molecule has 0 aromatic heterocycles. The van der Waals surface area contributed by atoms with Crippen molar-refractivity contribution < 1.29 is 0 Å². The zero-order valence-corrected chi connectivity index (χ0v) is 11.1. The Morgan fingerprint density at radius 1 is 0.938 bits per heavy atom. The van der Waals surface area contributed by atoms with Crippen LogP contribution in [0.2, 0.25) is 0 Å². The molecule has 4 saturated carbocycles. The average molecular weight is 221 g/mol. The Hall–Kier alpha value is -0.0400. The van der Waals surface area contributed by atoms with Crippen molar-refractivity contribution in [2.75, 3.05) is 0 Å². The van der Waals surface area contributed by atoms with E-state index in [9.17, 15) is 0 Å². The summed E-state index contributed by atoms with van der Waals surface area (Å²) < 4.78 is 0. The molecule has 1 atom stereocenters. The summed E-state index contributed by atoms with van der Waals surface area (Å²) in [5, 5.41) is 0. The molecule has 0 amide bonds. The normalized spacial score (nSPS) is 49.7.